The van der Waals surface area contributed by atoms with Crippen molar-refractivity contribution in [3.63, 3.8) is 0 Å². The highest BCUT2D eigenvalue weighted by Crippen LogP contribution is 2.31. The van der Waals surface area contributed by atoms with E-state index < -0.39 is 0 Å². The average molecular weight is 402 g/mol. The monoisotopic (exact) mass is 401 g/mol. The maximum atomic E-state index is 12.3. The molecule has 0 saturated carbocycles. The molecule has 0 aliphatic heterocycles. The lowest BCUT2D eigenvalue weighted by atomic mass is 9.98. The first-order chi connectivity index (χ1) is 11.4. The summed E-state index contributed by atoms with van der Waals surface area (Å²) in [6.07, 6.45) is 3.17. The smallest absolute Gasteiger partial charge is 0.259 e. The van der Waals surface area contributed by atoms with Gasteiger partial charge in [0.25, 0.3) is 5.91 Å². The molecular formula is C18H16BrN3OS. The maximum absolute atomic E-state index is 12.3. The molecule has 0 bridgehead atoms. The van der Waals surface area contributed by atoms with Crippen molar-refractivity contribution >= 4 is 38.3 Å². The number of halogens is 1. The van der Waals surface area contributed by atoms with Gasteiger partial charge in [-0.3, -0.25) is 15.1 Å². The number of hydrogen-bond donors (Lipinski definition) is 1. The number of aromatic nitrogens is 2. The minimum atomic E-state index is -0.220. The van der Waals surface area contributed by atoms with Crippen molar-refractivity contribution in [3.05, 3.63) is 62.7 Å². The van der Waals surface area contributed by atoms with Crippen LogP contribution >= 0.6 is 27.3 Å². The van der Waals surface area contributed by atoms with Crippen molar-refractivity contribution in [2.45, 2.75) is 20.8 Å². The Balaban J connectivity index is 1.85. The molecule has 0 fully saturated rings. The second kappa shape index (κ2) is 6.83. The molecule has 0 radical (unpaired) electrons. The van der Waals surface area contributed by atoms with Gasteiger partial charge in [0.1, 0.15) is 0 Å². The van der Waals surface area contributed by atoms with Gasteiger partial charge in [0.05, 0.1) is 11.3 Å². The molecule has 2 heterocycles. The van der Waals surface area contributed by atoms with E-state index in [9.17, 15) is 4.79 Å². The zero-order chi connectivity index (χ0) is 17.3. The van der Waals surface area contributed by atoms with Gasteiger partial charge in [-0.05, 0) is 53.9 Å². The molecule has 3 aromatic rings. The Kier molecular flexibility index (Phi) is 4.78. The van der Waals surface area contributed by atoms with Gasteiger partial charge in [-0.15, -0.1) is 11.3 Å². The summed E-state index contributed by atoms with van der Waals surface area (Å²) in [7, 11) is 0. The Hall–Kier alpha value is -2.05. The number of nitrogens with one attached hydrogen (secondary N) is 1. The Labute approximate surface area is 153 Å². The third-order valence-electron chi connectivity index (χ3n) is 3.62. The van der Waals surface area contributed by atoms with Crippen LogP contribution in [0.3, 0.4) is 0 Å². The van der Waals surface area contributed by atoms with E-state index in [-0.39, 0.29) is 5.91 Å². The molecule has 3 rings (SSSR count). The first-order valence-corrected chi connectivity index (χ1v) is 9.07. The molecule has 0 aliphatic rings. The maximum Gasteiger partial charge on any atom is 0.259 e. The molecule has 0 spiro atoms. The van der Waals surface area contributed by atoms with E-state index in [0.29, 0.717) is 10.7 Å². The van der Waals surface area contributed by atoms with Crippen LogP contribution in [-0.4, -0.2) is 15.9 Å². The summed E-state index contributed by atoms with van der Waals surface area (Å²) in [6.45, 7) is 6.25. The summed E-state index contributed by atoms with van der Waals surface area (Å²) in [4.78, 5) is 20.9. The molecule has 6 heteroatoms. The average Bonchev–Trinajstić information content (AvgIpc) is 2.94. The van der Waals surface area contributed by atoms with Crippen molar-refractivity contribution in [3.8, 4) is 11.3 Å². The third kappa shape index (κ3) is 3.55. The summed E-state index contributed by atoms with van der Waals surface area (Å²) >= 11 is 4.73. The number of amides is 1. The second-order valence-electron chi connectivity index (χ2n) is 5.66. The molecule has 0 saturated heterocycles. The molecule has 0 aliphatic carbocycles. The predicted molar refractivity (Wildman–Crippen MR) is 102 cm³/mol. The van der Waals surface area contributed by atoms with Crippen LogP contribution in [0.25, 0.3) is 11.3 Å². The van der Waals surface area contributed by atoms with Crippen molar-refractivity contribution in [1.82, 2.24) is 9.97 Å². The van der Waals surface area contributed by atoms with Gasteiger partial charge in [-0.1, -0.05) is 17.7 Å². The summed E-state index contributed by atoms with van der Waals surface area (Å²) in [6, 6.07) is 6.02. The fourth-order valence-electron chi connectivity index (χ4n) is 2.74. The quantitative estimate of drug-likeness (QED) is 0.660. The third-order valence-corrected chi connectivity index (χ3v) is 4.82. The van der Waals surface area contributed by atoms with E-state index in [1.807, 2.05) is 5.38 Å². The highest BCUT2D eigenvalue weighted by molar-refractivity contribution is 9.10. The largest absolute Gasteiger partial charge is 0.298 e. The van der Waals surface area contributed by atoms with Crippen LogP contribution < -0.4 is 5.32 Å². The molecule has 24 heavy (non-hydrogen) atoms. The zero-order valence-corrected chi connectivity index (χ0v) is 16.0. The SMILES string of the molecule is Cc1cc(C)c(-c2csc(NC(=O)c3cncc(Br)c3)n2)c(C)c1. The Morgan fingerprint density at radius 2 is 1.83 bits per heavy atom. The van der Waals surface area contributed by atoms with Crippen LogP contribution in [0.4, 0.5) is 5.13 Å². The Bertz CT molecular complexity index is 897. The van der Waals surface area contributed by atoms with E-state index >= 15 is 0 Å². The summed E-state index contributed by atoms with van der Waals surface area (Å²) in [5.41, 5.74) is 6.11. The van der Waals surface area contributed by atoms with Gasteiger partial charge in [0, 0.05) is 27.8 Å². The van der Waals surface area contributed by atoms with E-state index in [1.54, 1.807) is 12.3 Å². The molecule has 4 nitrogen and oxygen atoms in total. The first kappa shape index (κ1) is 16.8. The number of thiazole rings is 1. The van der Waals surface area contributed by atoms with Crippen LogP contribution in [0.2, 0.25) is 0 Å². The molecule has 1 N–H and O–H groups in total. The van der Waals surface area contributed by atoms with Crippen LogP contribution in [0.5, 0.6) is 0 Å². The Morgan fingerprint density at radius 3 is 2.50 bits per heavy atom. The molecular weight excluding hydrogens is 386 g/mol. The molecule has 0 unspecified atom stereocenters. The highest BCUT2D eigenvalue weighted by Gasteiger charge is 2.13. The van der Waals surface area contributed by atoms with Gasteiger partial charge in [-0.25, -0.2) is 4.98 Å². The number of nitrogens with zero attached hydrogens (tertiary/aromatic N) is 2. The number of hydrogen-bond acceptors (Lipinski definition) is 4. The Morgan fingerprint density at radius 1 is 1.12 bits per heavy atom. The fraction of sp³-hybridized carbons (Fsp3) is 0.167. The van der Waals surface area contributed by atoms with E-state index in [2.05, 4.69) is 64.1 Å². The normalized spacial score (nSPS) is 10.7. The van der Waals surface area contributed by atoms with E-state index in [1.165, 1.54) is 34.2 Å². The van der Waals surface area contributed by atoms with Gasteiger partial charge < -0.3 is 0 Å². The summed E-state index contributed by atoms with van der Waals surface area (Å²) in [5.74, 6) is -0.220. The highest BCUT2D eigenvalue weighted by atomic mass is 79.9. The number of carbonyl (C=O) groups is 1. The molecule has 0 atom stereocenters. The molecule has 2 aromatic heterocycles. The van der Waals surface area contributed by atoms with Crippen LogP contribution in [0.15, 0.2) is 40.4 Å². The number of carbonyl (C=O) groups excluding carboxylic acids is 1. The van der Waals surface area contributed by atoms with Gasteiger partial charge in [-0.2, -0.15) is 0 Å². The van der Waals surface area contributed by atoms with Crippen LogP contribution in [0, 0.1) is 20.8 Å². The number of benzene rings is 1. The van der Waals surface area contributed by atoms with Crippen LogP contribution in [0.1, 0.15) is 27.0 Å². The lowest BCUT2D eigenvalue weighted by Crippen LogP contribution is -2.12. The summed E-state index contributed by atoms with van der Waals surface area (Å²) in [5, 5.41) is 5.38. The fourth-order valence-corrected chi connectivity index (χ4v) is 3.80. The molecule has 1 amide bonds. The van der Waals surface area contributed by atoms with Crippen molar-refractivity contribution in [2.24, 2.45) is 0 Å². The van der Waals surface area contributed by atoms with Gasteiger partial charge in [0.2, 0.25) is 0 Å². The standard InChI is InChI=1S/C18H16BrN3OS/c1-10-4-11(2)16(12(3)5-10)15-9-24-18(21-15)22-17(23)13-6-14(19)8-20-7-13/h4-9H,1-3H3,(H,21,22,23). The van der Waals surface area contributed by atoms with Gasteiger partial charge >= 0.3 is 0 Å². The van der Waals surface area contributed by atoms with E-state index in [4.69, 9.17) is 0 Å². The first-order valence-electron chi connectivity index (χ1n) is 7.39. The zero-order valence-electron chi connectivity index (χ0n) is 13.6. The second-order valence-corrected chi connectivity index (χ2v) is 7.43. The minimum absolute atomic E-state index is 0.220. The lowest BCUT2D eigenvalue weighted by molar-refractivity contribution is 0.102. The van der Waals surface area contributed by atoms with Crippen molar-refractivity contribution < 1.29 is 4.79 Å². The number of pyridine rings is 1. The van der Waals surface area contributed by atoms with Crippen LogP contribution in [-0.2, 0) is 0 Å². The number of aryl methyl sites for hydroxylation is 3. The van der Waals surface area contributed by atoms with Crippen molar-refractivity contribution in [1.29, 1.82) is 0 Å². The van der Waals surface area contributed by atoms with Crippen molar-refractivity contribution in [2.75, 3.05) is 5.32 Å². The minimum Gasteiger partial charge on any atom is -0.298 e. The molecule has 122 valence electrons. The summed E-state index contributed by atoms with van der Waals surface area (Å²) < 4.78 is 0.765. The lowest BCUT2D eigenvalue weighted by Gasteiger charge is -2.08. The number of anilines is 1. The topological polar surface area (TPSA) is 54.9 Å². The van der Waals surface area contributed by atoms with Gasteiger partial charge in [0.15, 0.2) is 5.13 Å². The number of rotatable bonds is 3. The van der Waals surface area contributed by atoms with E-state index in [0.717, 1.165) is 15.7 Å². The predicted octanol–water partition coefficient (Wildman–Crippen LogP) is 5.15. The molecule has 1 aromatic carbocycles.